The summed E-state index contributed by atoms with van der Waals surface area (Å²) in [5.74, 6) is 0. The van der Waals surface area contributed by atoms with E-state index in [4.69, 9.17) is 0 Å². The molecular formula is C7H10O2. The van der Waals surface area contributed by atoms with Crippen LogP contribution in [0.15, 0.2) is 33.7 Å². The van der Waals surface area contributed by atoms with Crippen LogP contribution in [0.5, 0.6) is 0 Å². The molecule has 0 radical (unpaired) electrons. The molecule has 2 heteroatoms. The summed E-state index contributed by atoms with van der Waals surface area (Å²) in [5.41, 5.74) is -0.303. The van der Waals surface area contributed by atoms with Gasteiger partial charge in [-0.3, -0.25) is 0 Å². The highest BCUT2D eigenvalue weighted by molar-refractivity contribution is 4.85. The minimum absolute atomic E-state index is 0.303. The summed E-state index contributed by atoms with van der Waals surface area (Å²) in [6.45, 7) is 4.00. The Balaban J connectivity index is 0.000000291. The third-order valence-electron chi connectivity index (χ3n) is 0.606. The first-order valence-corrected chi connectivity index (χ1v) is 2.93. The molecular weight excluding hydrogens is 116 g/mol. The molecule has 0 fully saturated rings. The molecule has 2 nitrogen and oxygen atoms in total. The molecule has 0 saturated carbocycles. The molecule has 1 aromatic rings. The predicted molar refractivity (Wildman–Crippen MR) is 36.3 cm³/mol. The van der Waals surface area contributed by atoms with Crippen molar-refractivity contribution in [2.24, 2.45) is 0 Å². The molecule has 0 bridgehead atoms. The van der Waals surface area contributed by atoms with Crippen LogP contribution in [0.4, 0.5) is 0 Å². The second-order valence-electron chi connectivity index (χ2n) is 1.12. The van der Waals surface area contributed by atoms with Gasteiger partial charge in [-0.25, -0.2) is 4.79 Å². The fourth-order valence-corrected chi connectivity index (χ4v) is 0.325. The van der Waals surface area contributed by atoms with Gasteiger partial charge in [0.15, 0.2) is 0 Å². The van der Waals surface area contributed by atoms with E-state index in [1.54, 1.807) is 12.1 Å². The maximum Gasteiger partial charge on any atom is 0.335 e. The SMILES string of the molecule is CC.O=c1cccco1. The van der Waals surface area contributed by atoms with E-state index in [1.807, 2.05) is 13.8 Å². The maximum absolute atomic E-state index is 10.1. The largest absolute Gasteiger partial charge is 0.431 e. The summed E-state index contributed by atoms with van der Waals surface area (Å²) in [7, 11) is 0. The summed E-state index contributed by atoms with van der Waals surface area (Å²) < 4.78 is 4.37. The first-order valence-electron chi connectivity index (χ1n) is 2.93. The third kappa shape index (κ3) is 3.53. The van der Waals surface area contributed by atoms with Crippen LogP contribution in [0.3, 0.4) is 0 Å². The lowest BCUT2D eigenvalue weighted by Crippen LogP contribution is -1.90. The molecule has 50 valence electrons. The van der Waals surface area contributed by atoms with Gasteiger partial charge in [-0.2, -0.15) is 0 Å². The molecule has 0 amide bonds. The van der Waals surface area contributed by atoms with Gasteiger partial charge >= 0.3 is 5.63 Å². The Morgan fingerprint density at radius 2 is 2.00 bits per heavy atom. The van der Waals surface area contributed by atoms with Crippen LogP contribution < -0.4 is 5.63 Å². The number of rotatable bonds is 0. The van der Waals surface area contributed by atoms with Crippen molar-refractivity contribution in [2.45, 2.75) is 13.8 Å². The molecule has 0 saturated heterocycles. The minimum atomic E-state index is -0.303. The number of hydrogen-bond donors (Lipinski definition) is 0. The molecule has 9 heavy (non-hydrogen) atoms. The van der Waals surface area contributed by atoms with E-state index in [9.17, 15) is 4.79 Å². The van der Waals surface area contributed by atoms with Crippen LogP contribution in [0, 0.1) is 0 Å². The fourth-order valence-electron chi connectivity index (χ4n) is 0.325. The van der Waals surface area contributed by atoms with Crippen molar-refractivity contribution in [3.8, 4) is 0 Å². The average Bonchev–Trinajstić information content (AvgIpc) is 1.94. The van der Waals surface area contributed by atoms with Gasteiger partial charge in [0.05, 0.1) is 6.26 Å². The highest BCUT2D eigenvalue weighted by Gasteiger charge is 1.72. The van der Waals surface area contributed by atoms with Crippen LogP contribution in [-0.2, 0) is 0 Å². The van der Waals surface area contributed by atoms with E-state index in [0.717, 1.165) is 0 Å². The maximum atomic E-state index is 10.1. The highest BCUT2D eigenvalue weighted by Crippen LogP contribution is 1.72. The van der Waals surface area contributed by atoms with Crippen molar-refractivity contribution in [3.63, 3.8) is 0 Å². The quantitative estimate of drug-likeness (QED) is 0.529. The van der Waals surface area contributed by atoms with Crippen molar-refractivity contribution in [1.29, 1.82) is 0 Å². The van der Waals surface area contributed by atoms with E-state index in [1.165, 1.54) is 12.3 Å². The Morgan fingerprint density at radius 3 is 2.22 bits per heavy atom. The van der Waals surface area contributed by atoms with Crippen molar-refractivity contribution in [2.75, 3.05) is 0 Å². The van der Waals surface area contributed by atoms with E-state index >= 15 is 0 Å². The summed E-state index contributed by atoms with van der Waals surface area (Å²) in [5, 5.41) is 0. The second-order valence-corrected chi connectivity index (χ2v) is 1.12. The summed E-state index contributed by atoms with van der Waals surface area (Å²) in [4.78, 5) is 10.1. The van der Waals surface area contributed by atoms with Crippen molar-refractivity contribution < 1.29 is 4.42 Å². The Bertz CT molecular complexity index is 173. The Hall–Kier alpha value is -1.05. The van der Waals surface area contributed by atoms with Gasteiger partial charge in [-0.05, 0) is 6.07 Å². The van der Waals surface area contributed by atoms with Gasteiger partial charge < -0.3 is 4.42 Å². The van der Waals surface area contributed by atoms with Crippen LogP contribution in [0.1, 0.15) is 13.8 Å². The summed E-state index contributed by atoms with van der Waals surface area (Å²) in [6.07, 6.45) is 1.35. The monoisotopic (exact) mass is 126 g/mol. The number of hydrogen-bond acceptors (Lipinski definition) is 2. The zero-order chi connectivity index (χ0) is 7.11. The molecule has 1 heterocycles. The molecule has 0 spiro atoms. The zero-order valence-corrected chi connectivity index (χ0v) is 5.63. The standard InChI is InChI=1S/C5H4O2.C2H6/c6-5-3-1-2-4-7-5;1-2/h1-4H;1-2H3. The molecule has 0 unspecified atom stereocenters. The first kappa shape index (κ1) is 7.95. The van der Waals surface area contributed by atoms with Gasteiger partial charge in [-0.15, -0.1) is 0 Å². The molecule has 0 N–H and O–H groups in total. The molecule has 0 aromatic carbocycles. The van der Waals surface area contributed by atoms with E-state index < -0.39 is 0 Å². The topological polar surface area (TPSA) is 30.2 Å². The van der Waals surface area contributed by atoms with Crippen molar-refractivity contribution in [1.82, 2.24) is 0 Å². The van der Waals surface area contributed by atoms with Crippen LogP contribution in [0.2, 0.25) is 0 Å². The van der Waals surface area contributed by atoms with Gasteiger partial charge in [0.25, 0.3) is 0 Å². The van der Waals surface area contributed by atoms with E-state index in [0.29, 0.717) is 0 Å². The normalized spacial score (nSPS) is 7.33. The van der Waals surface area contributed by atoms with E-state index in [2.05, 4.69) is 4.42 Å². The minimum Gasteiger partial charge on any atom is -0.431 e. The van der Waals surface area contributed by atoms with Crippen molar-refractivity contribution >= 4 is 0 Å². The molecule has 0 aliphatic rings. The Labute approximate surface area is 54.1 Å². The highest BCUT2D eigenvalue weighted by atomic mass is 16.4. The lowest BCUT2D eigenvalue weighted by atomic mass is 10.5. The van der Waals surface area contributed by atoms with Gasteiger partial charge in [0.1, 0.15) is 0 Å². The lowest BCUT2D eigenvalue weighted by Gasteiger charge is -1.72. The van der Waals surface area contributed by atoms with Crippen LogP contribution in [-0.4, -0.2) is 0 Å². The zero-order valence-electron chi connectivity index (χ0n) is 5.63. The van der Waals surface area contributed by atoms with Gasteiger partial charge in [0.2, 0.25) is 0 Å². The average molecular weight is 126 g/mol. The Kier molecular flexibility index (Phi) is 4.50. The summed E-state index contributed by atoms with van der Waals surface area (Å²) >= 11 is 0. The van der Waals surface area contributed by atoms with Gasteiger partial charge in [0, 0.05) is 6.07 Å². The predicted octanol–water partition coefficient (Wildman–Crippen LogP) is 1.67. The molecule has 1 rings (SSSR count). The lowest BCUT2D eigenvalue weighted by molar-refractivity contribution is 0.511. The van der Waals surface area contributed by atoms with E-state index in [-0.39, 0.29) is 5.63 Å². The fraction of sp³-hybridized carbons (Fsp3) is 0.286. The molecule has 0 aliphatic carbocycles. The van der Waals surface area contributed by atoms with Crippen LogP contribution in [0.25, 0.3) is 0 Å². The van der Waals surface area contributed by atoms with Gasteiger partial charge in [-0.1, -0.05) is 19.9 Å². The third-order valence-corrected chi connectivity index (χ3v) is 0.606. The first-order chi connectivity index (χ1) is 4.39. The smallest absolute Gasteiger partial charge is 0.335 e. The van der Waals surface area contributed by atoms with Crippen LogP contribution >= 0.6 is 0 Å². The Morgan fingerprint density at radius 1 is 1.33 bits per heavy atom. The van der Waals surface area contributed by atoms with Crippen molar-refractivity contribution in [3.05, 3.63) is 34.9 Å². The summed E-state index contributed by atoms with van der Waals surface area (Å²) in [6, 6.07) is 4.65. The second kappa shape index (κ2) is 5.09. The molecule has 0 atom stereocenters. The molecule has 1 aromatic heterocycles. The molecule has 0 aliphatic heterocycles.